The number of carbonyl (C=O) groups is 1. The zero-order chi connectivity index (χ0) is 13.5. The van der Waals surface area contributed by atoms with Gasteiger partial charge in [0.15, 0.2) is 0 Å². The van der Waals surface area contributed by atoms with Gasteiger partial charge in [0.2, 0.25) is 0 Å². The van der Waals surface area contributed by atoms with Crippen LogP contribution in [0.5, 0.6) is 0 Å². The number of nitrogens with zero attached hydrogens (tertiary/aromatic N) is 2. The fourth-order valence-electron chi connectivity index (χ4n) is 1.43. The zero-order valence-corrected chi connectivity index (χ0v) is 12.1. The molecule has 1 aromatic rings. The second-order valence-corrected chi connectivity index (χ2v) is 4.98. The van der Waals surface area contributed by atoms with Crippen molar-refractivity contribution in [2.45, 2.75) is 12.8 Å². The lowest BCUT2D eigenvalue weighted by molar-refractivity contribution is 0.0952. The van der Waals surface area contributed by atoms with Gasteiger partial charge in [-0.15, -0.1) is 0 Å². The Hall–Kier alpha value is -0.840. The lowest BCUT2D eigenvalue weighted by Crippen LogP contribution is -2.25. The first-order valence-corrected chi connectivity index (χ1v) is 6.51. The normalized spacial score (nSPS) is 10.7. The Morgan fingerprint density at radius 1 is 1.33 bits per heavy atom. The molecule has 0 spiro atoms. The van der Waals surface area contributed by atoms with Crippen LogP contribution in [0.25, 0.3) is 0 Å². The van der Waals surface area contributed by atoms with Crippen LogP contribution in [-0.4, -0.2) is 43.0 Å². The minimum Gasteiger partial charge on any atom is -0.352 e. The highest BCUT2D eigenvalue weighted by atomic mass is 35.5. The van der Waals surface area contributed by atoms with Gasteiger partial charge in [0.05, 0.1) is 5.56 Å². The number of rotatable bonds is 6. The second kappa shape index (κ2) is 7.56. The quantitative estimate of drug-likeness (QED) is 0.646. The molecule has 1 amide bonds. The molecule has 0 radical (unpaired) electrons. The fraction of sp³-hybridized carbons (Fsp3) is 0.500. The highest BCUT2D eigenvalue weighted by Crippen LogP contribution is 2.16. The van der Waals surface area contributed by atoms with E-state index in [1.54, 1.807) is 12.1 Å². The molecule has 4 nitrogen and oxygen atoms in total. The smallest absolute Gasteiger partial charge is 0.254 e. The van der Waals surface area contributed by atoms with Gasteiger partial charge >= 0.3 is 0 Å². The van der Waals surface area contributed by atoms with Crippen LogP contribution in [-0.2, 0) is 0 Å². The predicted octanol–water partition coefficient (Wildman–Crippen LogP) is 2.46. The maximum atomic E-state index is 11.8. The second-order valence-electron chi connectivity index (χ2n) is 4.24. The molecular weight excluding hydrogens is 273 g/mol. The Morgan fingerprint density at radius 2 is 2.06 bits per heavy atom. The predicted molar refractivity (Wildman–Crippen MR) is 74.4 cm³/mol. The van der Waals surface area contributed by atoms with Gasteiger partial charge in [-0.05, 0) is 45.6 Å². The summed E-state index contributed by atoms with van der Waals surface area (Å²) >= 11 is 11.5. The molecule has 100 valence electrons. The molecule has 6 heteroatoms. The minimum absolute atomic E-state index is 0.133. The average Bonchev–Trinajstić information content (AvgIpc) is 2.27. The van der Waals surface area contributed by atoms with Crippen molar-refractivity contribution in [3.8, 4) is 0 Å². The van der Waals surface area contributed by atoms with Crippen LogP contribution in [0.4, 0.5) is 0 Å². The topological polar surface area (TPSA) is 45.2 Å². The first kappa shape index (κ1) is 15.2. The van der Waals surface area contributed by atoms with E-state index in [4.69, 9.17) is 23.2 Å². The highest BCUT2D eigenvalue weighted by Gasteiger charge is 2.10. The standard InChI is InChI=1S/C12H17Cl2N3O/c1-17(2)8-4-3-7-15-12(18)9-5-6-10(13)16-11(9)14/h5-6H,3-4,7-8H2,1-2H3,(H,15,18). The lowest BCUT2D eigenvalue weighted by atomic mass is 10.2. The molecular formula is C12H17Cl2N3O. The number of hydrogen-bond donors (Lipinski definition) is 1. The molecule has 0 aliphatic carbocycles. The van der Waals surface area contributed by atoms with Crippen LogP contribution in [0.15, 0.2) is 12.1 Å². The van der Waals surface area contributed by atoms with Gasteiger partial charge in [-0.3, -0.25) is 4.79 Å². The van der Waals surface area contributed by atoms with E-state index in [0.29, 0.717) is 12.1 Å². The van der Waals surface area contributed by atoms with Gasteiger partial charge in [0.25, 0.3) is 5.91 Å². The summed E-state index contributed by atoms with van der Waals surface area (Å²) < 4.78 is 0. The van der Waals surface area contributed by atoms with Gasteiger partial charge in [-0.2, -0.15) is 0 Å². The third kappa shape index (κ3) is 5.21. The number of halogens is 2. The summed E-state index contributed by atoms with van der Waals surface area (Å²) in [5.74, 6) is -0.214. The van der Waals surface area contributed by atoms with Crippen LogP contribution in [0.1, 0.15) is 23.2 Å². The fourth-order valence-corrected chi connectivity index (χ4v) is 1.86. The molecule has 0 fully saturated rings. The van der Waals surface area contributed by atoms with Crippen molar-refractivity contribution >= 4 is 29.1 Å². The summed E-state index contributed by atoms with van der Waals surface area (Å²) in [5.41, 5.74) is 0.355. The van der Waals surface area contributed by atoms with Gasteiger partial charge in [-0.1, -0.05) is 23.2 Å². The van der Waals surface area contributed by atoms with Crippen molar-refractivity contribution in [1.82, 2.24) is 15.2 Å². The Morgan fingerprint density at radius 3 is 2.67 bits per heavy atom. The Labute approximate surface area is 117 Å². The molecule has 18 heavy (non-hydrogen) atoms. The summed E-state index contributed by atoms with van der Waals surface area (Å²) in [7, 11) is 4.05. The van der Waals surface area contributed by atoms with E-state index in [1.807, 2.05) is 14.1 Å². The minimum atomic E-state index is -0.214. The monoisotopic (exact) mass is 289 g/mol. The number of nitrogens with one attached hydrogen (secondary N) is 1. The molecule has 0 aliphatic heterocycles. The third-order valence-corrected chi connectivity index (χ3v) is 2.88. The molecule has 1 rings (SSSR count). The maximum Gasteiger partial charge on any atom is 0.254 e. The van der Waals surface area contributed by atoms with Crippen molar-refractivity contribution in [3.63, 3.8) is 0 Å². The van der Waals surface area contributed by atoms with Crippen molar-refractivity contribution in [2.24, 2.45) is 0 Å². The van der Waals surface area contributed by atoms with E-state index in [0.717, 1.165) is 19.4 Å². The van der Waals surface area contributed by atoms with Crippen molar-refractivity contribution < 1.29 is 4.79 Å². The maximum absolute atomic E-state index is 11.8. The van der Waals surface area contributed by atoms with E-state index >= 15 is 0 Å². The molecule has 1 N–H and O–H groups in total. The number of carbonyl (C=O) groups excluding carboxylic acids is 1. The zero-order valence-electron chi connectivity index (χ0n) is 10.5. The summed E-state index contributed by atoms with van der Waals surface area (Å²) in [6.45, 7) is 1.64. The van der Waals surface area contributed by atoms with Crippen LogP contribution in [0.2, 0.25) is 10.3 Å². The molecule has 0 bridgehead atoms. The Bertz CT molecular complexity index is 410. The van der Waals surface area contributed by atoms with Crippen LogP contribution in [0.3, 0.4) is 0 Å². The number of unbranched alkanes of at least 4 members (excludes halogenated alkanes) is 1. The van der Waals surface area contributed by atoms with Crippen LogP contribution in [0, 0.1) is 0 Å². The van der Waals surface area contributed by atoms with E-state index < -0.39 is 0 Å². The largest absolute Gasteiger partial charge is 0.352 e. The average molecular weight is 290 g/mol. The molecule has 0 atom stereocenters. The molecule has 0 aliphatic rings. The van der Waals surface area contributed by atoms with Crippen molar-refractivity contribution in [2.75, 3.05) is 27.2 Å². The van der Waals surface area contributed by atoms with Gasteiger partial charge in [-0.25, -0.2) is 4.98 Å². The van der Waals surface area contributed by atoms with Gasteiger partial charge in [0, 0.05) is 6.54 Å². The van der Waals surface area contributed by atoms with Gasteiger partial charge < -0.3 is 10.2 Å². The molecule has 0 aromatic carbocycles. The summed E-state index contributed by atoms with van der Waals surface area (Å²) in [6.07, 6.45) is 1.97. The van der Waals surface area contributed by atoms with E-state index in [2.05, 4.69) is 15.2 Å². The molecule has 0 saturated heterocycles. The number of pyridine rings is 1. The van der Waals surface area contributed by atoms with E-state index in [-0.39, 0.29) is 16.2 Å². The molecule has 0 unspecified atom stereocenters. The molecule has 1 heterocycles. The van der Waals surface area contributed by atoms with Crippen molar-refractivity contribution in [1.29, 1.82) is 0 Å². The molecule has 0 saturated carbocycles. The van der Waals surface area contributed by atoms with Gasteiger partial charge in [0.1, 0.15) is 10.3 Å². The highest BCUT2D eigenvalue weighted by molar-refractivity contribution is 6.34. The first-order valence-electron chi connectivity index (χ1n) is 5.75. The first-order chi connectivity index (χ1) is 8.50. The summed E-state index contributed by atoms with van der Waals surface area (Å²) in [5, 5.41) is 3.22. The SMILES string of the molecule is CN(C)CCCCNC(=O)c1ccc(Cl)nc1Cl. The Balaban J connectivity index is 2.36. The number of aromatic nitrogens is 1. The Kier molecular flexibility index (Phi) is 6.39. The molecule has 1 aromatic heterocycles. The number of hydrogen-bond acceptors (Lipinski definition) is 3. The number of amides is 1. The summed E-state index contributed by atoms with van der Waals surface area (Å²) in [6, 6.07) is 3.13. The van der Waals surface area contributed by atoms with E-state index in [1.165, 1.54) is 0 Å². The van der Waals surface area contributed by atoms with Crippen molar-refractivity contribution in [3.05, 3.63) is 28.0 Å². The van der Waals surface area contributed by atoms with Crippen LogP contribution < -0.4 is 5.32 Å². The lowest BCUT2D eigenvalue weighted by Gasteiger charge is -2.09. The third-order valence-electron chi connectivity index (χ3n) is 2.38. The van der Waals surface area contributed by atoms with Crippen LogP contribution >= 0.6 is 23.2 Å². The van der Waals surface area contributed by atoms with E-state index in [9.17, 15) is 4.79 Å². The summed E-state index contributed by atoms with van der Waals surface area (Å²) in [4.78, 5) is 17.7.